The van der Waals surface area contributed by atoms with Gasteiger partial charge in [0.15, 0.2) is 17.0 Å². The molecule has 1 aromatic carbocycles. The first-order valence-corrected chi connectivity index (χ1v) is 16.6. The number of hydrogen-bond acceptors (Lipinski definition) is 6. The molecular weight excluding hydrogens is 616 g/mol. The second-order valence-corrected chi connectivity index (χ2v) is 14.0. The molecule has 0 unspecified atom stereocenters. The Bertz CT molecular complexity index is 1920. The Balaban J connectivity index is 1.32. The van der Waals surface area contributed by atoms with E-state index in [4.69, 9.17) is 5.10 Å². The van der Waals surface area contributed by atoms with Crippen molar-refractivity contribution in [2.24, 2.45) is 16.9 Å². The minimum atomic E-state index is -4.72. The van der Waals surface area contributed by atoms with Crippen molar-refractivity contribution in [3.05, 3.63) is 104 Å². The lowest BCUT2D eigenvalue weighted by atomic mass is 9.74. The minimum Gasteiger partial charge on any atom is -0.265 e. The van der Waals surface area contributed by atoms with E-state index in [1.165, 1.54) is 11.1 Å². The molecule has 1 aliphatic carbocycles. The van der Waals surface area contributed by atoms with E-state index in [1.807, 2.05) is 41.1 Å². The van der Waals surface area contributed by atoms with E-state index in [1.54, 1.807) is 34.8 Å². The van der Waals surface area contributed by atoms with Crippen molar-refractivity contribution in [1.29, 1.82) is 0 Å². The van der Waals surface area contributed by atoms with Crippen molar-refractivity contribution in [3.63, 3.8) is 0 Å². The van der Waals surface area contributed by atoms with Crippen LogP contribution in [0.15, 0.2) is 82.1 Å². The predicted molar refractivity (Wildman–Crippen MR) is 172 cm³/mol. The number of nitrogens with zero attached hydrogens (tertiary/aromatic N) is 5. The van der Waals surface area contributed by atoms with Gasteiger partial charge in [0.2, 0.25) is 0 Å². The Morgan fingerprint density at radius 3 is 2.47 bits per heavy atom. The zero-order valence-corrected chi connectivity index (χ0v) is 26.5. The summed E-state index contributed by atoms with van der Waals surface area (Å²) >= 11 is 3.18. The normalized spacial score (nSPS) is 21.1. The van der Waals surface area contributed by atoms with E-state index in [2.05, 4.69) is 43.0 Å². The highest BCUT2D eigenvalue weighted by Gasteiger charge is 2.46. The van der Waals surface area contributed by atoms with E-state index >= 15 is 0 Å². The van der Waals surface area contributed by atoms with Gasteiger partial charge in [-0.3, -0.25) is 4.79 Å². The average molecular weight is 646 g/mol. The summed E-state index contributed by atoms with van der Waals surface area (Å²) in [5.41, 5.74) is 2.53. The van der Waals surface area contributed by atoms with Crippen LogP contribution in [0.25, 0.3) is 23.0 Å². The fraction of sp³-hybridized carbons (Fsp3) is 0.294. The first-order valence-electron chi connectivity index (χ1n) is 14.8. The third-order valence-corrected chi connectivity index (χ3v) is 10.2. The predicted octanol–water partition coefficient (Wildman–Crippen LogP) is 9.34. The summed E-state index contributed by atoms with van der Waals surface area (Å²) in [5.74, 6) is 0.0632. The van der Waals surface area contributed by atoms with Crippen LogP contribution in [-0.2, 0) is 6.18 Å². The number of fused-ring (bicyclic) bond motifs is 2. The van der Waals surface area contributed by atoms with Gasteiger partial charge in [-0.25, -0.2) is 14.5 Å². The quantitative estimate of drug-likeness (QED) is 0.191. The molecule has 4 aromatic heterocycles. The molecule has 5 aromatic rings. The molecule has 230 valence electrons. The molecule has 0 bridgehead atoms. The first-order chi connectivity index (χ1) is 21.6. The minimum absolute atomic E-state index is 0.0381. The van der Waals surface area contributed by atoms with Gasteiger partial charge >= 0.3 is 6.18 Å². The van der Waals surface area contributed by atoms with Gasteiger partial charge in [-0.2, -0.15) is 23.4 Å². The Morgan fingerprint density at radius 2 is 1.80 bits per heavy atom. The lowest BCUT2D eigenvalue weighted by Gasteiger charge is -2.31. The molecule has 0 radical (unpaired) electrons. The summed E-state index contributed by atoms with van der Waals surface area (Å²) in [5, 5.41) is 14.5. The van der Waals surface area contributed by atoms with Gasteiger partial charge in [0.05, 0.1) is 17.4 Å². The molecule has 5 heterocycles. The molecule has 1 fully saturated rings. The van der Waals surface area contributed by atoms with E-state index in [-0.39, 0.29) is 34.9 Å². The lowest BCUT2D eigenvalue weighted by Crippen LogP contribution is -2.33. The highest BCUT2D eigenvalue weighted by Crippen LogP contribution is 2.47. The molecule has 0 saturated heterocycles. The van der Waals surface area contributed by atoms with E-state index in [0.717, 1.165) is 50.0 Å². The number of thiophene rings is 2. The van der Waals surface area contributed by atoms with E-state index < -0.39 is 17.8 Å². The molecular formula is C34H30F3N5OS2. The van der Waals surface area contributed by atoms with Crippen molar-refractivity contribution in [1.82, 2.24) is 19.6 Å². The zero-order valence-electron chi connectivity index (χ0n) is 24.8. The molecule has 2 aliphatic rings. The zero-order chi connectivity index (χ0) is 31.5. The molecule has 1 saturated carbocycles. The number of benzene rings is 1. The fourth-order valence-electron chi connectivity index (χ4n) is 6.33. The fourth-order valence-corrected chi connectivity index (χ4v) is 7.88. The second-order valence-electron chi connectivity index (χ2n) is 12.0. The molecule has 1 amide bonds. The smallest absolute Gasteiger partial charge is 0.265 e. The van der Waals surface area contributed by atoms with Crippen molar-refractivity contribution >= 4 is 46.0 Å². The van der Waals surface area contributed by atoms with Crippen LogP contribution in [0.3, 0.4) is 0 Å². The molecule has 11 heteroatoms. The van der Waals surface area contributed by atoms with Crippen LogP contribution in [0.2, 0.25) is 0 Å². The maximum atomic E-state index is 14.4. The first kappa shape index (κ1) is 29.6. The van der Waals surface area contributed by atoms with Crippen LogP contribution in [0.5, 0.6) is 0 Å². The summed E-state index contributed by atoms with van der Waals surface area (Å²) < 4.78 is 43.8. The molecule has 3 atom stereocenters. The number of halogens is 3. The van der Waals surface area contributed by atoms with Gasteiger partial charge in [0.1, 0.15) is 0 Å². The average Bonchev–Trinajstić information content (AvgIpc) is 3.82. The van der Waals surface area contributed by atoms with Crippen LogP contribution < -0.4 is 0 Å². The Kier molecular flexibility index (Phi) is 7.48. The maximum absolute atomic E-state index is 14.4. The van der Waals surface area contributed by atoms with Crippen molar-refractivity contribution in [2.75, 3.05) is 0 Å². The number of alkyl halides is 3. The van der Waals surface area contributed by atoms with Gasteiger partial charge in [-0.05, 0) is 70.8 Å². The van der Waals surface area contributed by atoms with Gasteiger partial charge in [0.25, 0.3) is 5.91 Å². The summed E-state index contributed by atoms with van der Waals surface area (Å²) in [4.78, 5) is 20.8. The number of aromatic nitrogens is 3. The Morgan fingerprint density at radius 1 is 1.04 bits per heavy atom. The van der Waals surface area contributed by atoms with Gasteiger partial charge < -0.3 is 0 Å². The molecule has 7 rings (SSSR count). The SMILES string of the molecule is CC(C)c1ccc(-c2cc(C(F)(F)F)n3nc(C(=O)N4N=C5/C(=C/c6cccs6)C[C@@H](C)C[C@H]5[C@H]4c4cccs4)cc3n2)cc1. The summed E-state index contributed by atoms with van der Waals surface area (Å²) in [6.07, 6.45) is -0.900. The van der Waals surface area contributed by atoms with Crippen LogP contribution in [0.1, 0.15) is 77.1 Å². The number of amides is 1. The molecule has 6 nitrogen and oxygen atoms in total. The Labute approximate surface area is 266 Å². The standard InChI is InChI=1S/C34H30F3N5OS2/c1-19(2)21-8-10-22(11-9-21)26-17-29(34(35,36)37)41-30(38-26)18-27(39-41)33(43)42-32(28-7-5-13-45-28)25-15-20(3)14-23(31(25)40-42)16-24-6-4-12-44-24/h4-13,16-20,25,32H,14-15H2,1-3H3/b23-16+/t20-,25-,32+/m1/s1. The monoisotopic (exact) mass is 645 g/mol. The van der Waals surface area contributed by atoms with Crippen LogP contribution >= 0.6 is 22.7 Å². The maximum Gasteiger partial charge on any atom is 0.433 e. The van der Waals surface area contributed by atoms with Crippen LogP contribution in [0, 0.1) is 11.8 Å². The third-order valence-electron chi connectivity index (χ3n) is 8.48. The molecule has 0 N–H and O–H groups in total. The van der Waals surface area contributed by atoms with Crippen LogP contribution in [-0.4, -0.2) is 31.2 Å². The van der Waals surface area contributed by atoms with Gasteiger partial charge in [0, 0.05) is 27.3 Å². The largest absolute Gasteiger partial charge is 0.433 e. The highest BCUT2D eigenvalue weighted by atomic mass is 32.1. The third kappa shape index (κ3) is 5.52. The molecule has 45 heavy (non-hydrogen) atoms. The number of carbonyl (C=O) groups excluding carboxylic acids is 1. The summed E-state index contributed by atoms with van der Waals surface area (Å²) in [7, 11) is 0. The second kappa shape index (κ2) is 11.4. The topological polar surface area (TPSA) is 62.9 Å². The van der Waals surface area contributed by atoms with Crippen molar-refractivity contribution in [2.45, 2.75) is 51.7 Å². The number of rotatable bonds is 5. The number of hydrogen-bond donors (Lipinski definition) is 0. The van der Waals surface area contributed by atoms with Gasteiger partial charge in [-0.15, -0.1) is 22.7 Å². The van der Waals surface area contributed by atoms with Crippen LogP contribution in [0.4, 0.5) is 13.2 Å². The van der Waals surface area contributed by atoms with Crippen molar-refractivity contribution < 1.29 is 18.0 Å². The summed E-state index contributed by atoms with van der Waals surface area (Å²) in [6, 6.07) is 17.2. The number of hydrazone groups is 1. The van der Waals surface area contributed by atoms with Gasteiger partial charge in [-0.1, -0.05) is 57.2 Å². The van der Waals surface area contributed by atoms with E-state index in [9.17, 15) is 18.0 Å². The molecule has 1 aliphatic heterocycles. The molecule has 0 spiro atoms. The van der Waals surface area contributed by atoms with Crippen molar-refractivity contribution in [3.8, 4) is 11.3 Å². The Hall–Kier alpha value is -4.09. The number of carbonyl (C=O) groups is 1. The highest BCUT2D eigenvalue weighted by molar-refractivity contribution is 7.11. The van der Waals surface area contributed by atoms with E-state index in [0.29, 0.717) is 11.5 Å². The summed E-state index contributed by atoms with van der Waals surface area (Å²) in [6.45, 7) is 6.31. The number of allylic oxidation sites excluding steroid dienone is 1. The lowest BCUT2D eigenvalue weighted by molar-refractivity contribution is -0.142.